The number of amides is 3. The number of urea groups is 1. The maximum absolute atomic E-state index is 12.9. The Morgan fingerprint density at radius 3 is 2.83 bits per heavy atom. The highest BCUT2D eigenvalue weighted by Gasteiger charge is 2.44. The van der Waals surface area contributed by atoms with Crippen molar-refractivity contribution in [2.24, 2.45) is 0 Å². The molecule has 2 aliphatic heterocycles. The third-order valence-electron chi connectivity index (χ3n) is 4.30. The third kappa shape index (κ3) is 3.49. The molecule has 3 rings (SSSR count). The second-order valence-corrected chi connectivity index (χ2v) is 5.84. The van der Waals surface area contributed by atoms with Crippen LogP contribution < -0.4 is 5.32 Å². The molecule has 2 saturated heterocycles. The number of anilines is 1. The Morgan fingerprint density at radius 1 is 1.38 bits per heavy atom. The largest absolute Gasteiger partial charge is 0.383 e. The summed E-state index contributed by atoms with van der Waals surface area (Å²) in [6.07, 6.45) is -0.196. The van der Waals surface area contributed by atoms with Gasteiger partial charge >= 0.3 is 6.03 Å². The average molecular weight is 337 g/mol. The fourth-order valence-corrected chi connectivity index (χ4v) is 3.05. The molecule has 0 aromatic heterocycles. The molecule has 0 unspecified atom stereocenters. The lowest BCUT2D eigenvalue weighted by molar-refractivity contribution is -0.153. The van der Waals surface area contributed by atoms with E-state index in [1.54, 1.807) is 16.9 Å². The lowest BCUT2D eigenvalue weighted by Crippen LogP contribution is -2.54. The fourth-order valence-electron chi connectivity index (χ4n) is 3.05. The molecular formula is C16H20FN3O4. The number of methoxy groups -OCH3 is 1. The number of halogens is 1. The molecule has 2 atom stereocenters. The number of carbonyl (C=O) groups is 2. The van der Waals surface area contributed by atoms with E-state index in [4.69, 9.17) is 9.47 Å². The zero-order chi connectivity index (χ0) is 17.1. The molecular weight excluding hydrogens is 317 g/mol. The van der Waals surface area contributed by atoms with Crippen LogP contribution in [0.3, 0.4) is 0 Å². The van der Waals surface area contributed by atoms with Gasteiger partial charge in [0.15, 0.2) is 0 Å². The molecule has 2 aliphatic rings. The van der Waals surface area contributed by atoms with E-state index in [-0.39, 0.29) is 36.5 Å². The molecule has 1 aromatic carbocycles. The van der Waals surface area contributed by atoms with E-state index in [0.29, 0.717) is 31.9 Å². The quantitative estimate of drug-likeness (QED) is 0.887. The minimum Gasteiger partial charge on any atom is -0.383 e. The van der Waals surface area contributed by atoms with Crippen LogP contribution in [0.25, 0.3) is 0 Å². The van der Waals surface area contributed by atoms with Gasteiger partial charge in [-0.25, -0.2) is 9.18 Å². The summed E-state index contributed by atoms with van der Waals surface area (Å²) in [7, 11) is 1.58. The molecule has 2 fully saturated rings. The molecule has 0 radical (unpaired) electrons. The van der Waals surface area contributed by atoms with Gasteiger partial charge in [-0.05, 0) is 24.3 Å². The first-order chi connectivity index (χ1) is 11.6. The first-order valence-corrected chi connectivity index (χ1v) is 7.80. The molecule has 0 aliphatic carbocycles. The molecule has 0 bridgehead atoms. The molecule has 3 amide bonds. The summed E-state index contributed by atoms with van der Waals surface area (Å²) in [6.45, 7) is 1.75. The maximum Gasteiger partial charge on any atom is 0.322 e. The lowest BCUT2D eigenvalue weighted by atomic mass is 10.1. The van der Waals surface area contributed by atoms with Crippen LogP contribution in [0.2, 0.25) is 0 Å². The second-order valence-electron chi connectivity index (χ2n) is 5.84. The van der Waals surface area contributed by atoms with Crippen LogP contribution in [0.5, 0.6) is 0 Å². The van der Waals surface area contributed by atoms with Crippen molar-refractivity contribution in [2.75, 3.05) is 45.3 Å². The van der Waals surface area contributed by atoms with Gasteiger partial charge in [-0.2, -0.15) is 0 Å². The van der Waals surface area contributed by atoms with Crippen molar-refractivity contribution in [3.63, 3.8) is 0 Å². The topological polar surface area (TPSA) is 71.1 Å². The van der Waals surface area contributed by atoms with E-state index in [1.807, 2.05) is 0 Å². The summed E-state index contributed by atoms with van der Waals surface area (Å²) in [5, 5.41) is 2.73. The first-order valence-electron chi connectivity index (χ1n) is 7.80. The van der Waals surface area contributed by atoms with Crippen molar-refractivity contribution in [1.82, 2.24) is 9.80 Å². The highest BCUT2D eigenvalue weighted by atomic mass is 19.1. The van der Waals surface area contributed by atoms with Crippen molar-refractivity contribution in [1.29, 1.82) is 0 Å². The summed E-state index contributed by atoms with van der Waals surface area (Å²) in [5.74, 6) is -0.449. The number of benzene rings is 1. The van der Waals surface area contributed by atoms with E-state index in [0.717, 1.165) is 0 Å². The number of likely N-dealkylation sites (tertiary alicyclic amines) is 1. The predicted molar refractivity (Wildman–Crippen MR) is 84.1 cm³/mol. The van der Waals surface area contributed by atoms with Crippen molar-refractivity contribution < 1.29 is 23.5 Å². The van der Waals surface area contributed by atoms with Crippen molar-refractivity contribution in [3.8, 4) is 0 Å². The third-order valence-corrected chi connectivity index (χ3v) is 4.30. The molecule has 1 aromatic rings. The Kier molecular flexibility index (Phi) is 4.96. The highest BCUT2D eigenvalue weighted by Crippen LogP contribution is 2.24. The van der Waals surface area contributed by atoms with Gasteiger partial charge in [0.2, 0.25) is 5.91 Å². The molecule has 24 heavy (non-hydrogen) atoms. The molecule has 130 valence electrons. The Balaban J connectivity index is 1.63. The van der Waals surface area contributed by atoms with E-state index in [1.165, 1.54) is 24.3 Å². The monoisotopic (exact) mass is 337 g/mol. The van der Waals surface area contributed by atoms with Gasteiger partial charge in [0.05, 0.1) is 25.3 Å². The zero-order valence-electron chi connectivity index (χ0n) is 13.4. The van der Waals surface area contributed by atoms with Crippen LogP contribution in [0.15, 0.2) is 24.3 Å². The summed E-state index contributed by atoms with van der Waals surface area (Å²) < 4.78 is 23.5. The minimum absolute atomic E-state index is 0.0261. The lowest BCUT2D eigenvalue weighted by Gasteiger charge is -2.36. The van der Waals surface area contributed by atoms with E-state index < -0.39 is 0 Å². The number of nitrogens with zero attached hydrogens (tertiary/aromatic N) is 2. The SMILES string of the molecule is COCCN1C(=O)CO[C@H]2CN(C(=O)Nc3ccc(F)cc3)C[C@H]21. The van der Waals surface area contributed by atoms with Gasteiger partial charge in [0, 0.05) is 25.9 Å². The predicted octanol–water partition coefficient (Wildman–Crippen LogP) is 0.916. The van der Waals surface area contributed by atoms with E-state index in [9.17, 15) is 14.0 Å². The Bertz CT molecular complexity index is 610. The number of nitrogens with one attached hydrogen (secondary N) is 1. The van der Waals surface area contributed by atoms with Crippen molar-refractivity contribution in [2.45, 2.75) is 12.1 Å². The van der Waals surface area contributed by atoms with Crippen molar-refractivity contribution >= 4 is 17.6 Å². The van der Waals surface area contributed by atoms with E-state index in [2.05, 4.69) is 5.32 Å². The smallest absolute Gasteiger partial charge is 0.322 e. The van der Waals surface area contributed by atoms with Gasteiger partial charge < -0.3 is 24.6 Å². The summed E-state index contributed by atoms with van der Waals surface area (Å²) in [6, 6.07) is 5.11. The first kappa shape index (κ1) is 16.7. The van der Waals surface area contributed by atoms with Gasteiger partial charge in [0.1, 0.15) is 12.4 Å². The number of hydrogen-bond acceptors (Lipinski definition) is 4. The number of carbonyl (C=O) groups excluding carboxylic acids is 2. The summed E-state index contributed by atoms with van der Waals surface area (Å²) >= 11 is 0. The van der Waals surface area contributed by atoms with Gasteiger partial charge in [-0.1, -0.05) is 0 Å². The van der Waals surface area contributed by atoms with Gasteiger partial charge in [-0.3, -0.25) is 4.79 Å². The molecule has 8 heteroatoms. The number of morpholine rings is 1. The van der Waals surface area contributed by atoms with Gasteiger partial charge in [-0.15, -0.1) is 0 Å². The van der Waals surface area contributed by atoms with Gasteiger partial charge in [0.25, 0.3) is 0 Å². The van der Waals surface area contributed by atoms with Crippen LogP contribution in [-0.4, -0.2) is 73.8 Å². The molecule has 2 heterocycles. The van der Waals surface area contributed by atoms with Crippen LogP contribution >= 0.6 is 0 Å². The van der Waals surface area contributed by atoms with Crippen LogP contribution in [0.1, 0.15) is 0 Å². The Labute approximate surface area is 139 Å². The number of rotatable bonds is 4. The van der Waals surface area contributed by atoms with E-state index >= 15 is 0 Å². The highest BCUT2D eigenvalue weighted by molar-refractivity contribution is 5.89. The average Bonchev–Trinajstić information content (AvgIpc) is 3.00. The number of ether oxygens (including phenoxy) is 2. The zero-order valence-corrected chi connectivity index (χ0v) is 13.4. The summed E-state index contributed by atoms with van der Waals surface area (Å²) in [5.41, 5.74) is 0.518. The van der Waals surface area contributed by atoms with Crippen molar-refractivity contribution in [3.05, 3.63) is 30.1 Å². The normalized spacial score (nSPS) is 23.3. The minimum atomic E-state index is -0.360. The number of hydrogen-bond donors (Lipinski definition) is 1. The second kappa shape index (κ2) is 7.14. The molecule has 0 spiro atoms. The fraction of sp³-hybridized carbons (Fsp3) is 0.500. The Morgan fingerprint density at radius 2 is 2.12 bits per heavy atom. The number of fused-ring (bicyclic) bond motifs is 1. The van der Waals surface area contributed by atoms with Crippen LogP contribution in [0.4, 0.5) is 14.9 Å². The molecule has 7 nitrogen and oxygen atoms in total. The Hall–Kier alpha value is -2.19. The van der Waals surface area contributed by atoms with Crippen LogP contribution in [0, 0.1) is 5.82 Å². The summed E-state index contributed by atoms with van der Waals surface area (Å²) in [4.78, 5) is 27.7. The molecule has 1 N–H and O–H groups in total. The maximum atomic E-state index is 12.9. The van der Waals surface area contributed by atoms with Crippen LogP contribution in [-0.2, 0) is 14.3 Å². The molecule has 0 saturated carbocycles. The standard InChI is InChI=1S/C16H20FN3O4/c1-23-7-6-20-13-8-19(9-14(13)24-10-15(20)21)16(22)18-12-4-2-11(17)3-5-12/h2-5,13-14H,6-10H2,1H3,(H,18,22)/t13-,14+/m1/s1.